The van der Waals surface area contributed by atoms with Crippen molar-refractivity contribution in [2.24, 2.45) is 0 Å². The summed E-state index contributed by atoms with van der Waals surface area (Å²) < 4.78 is 3.25. The minimum atomic E-state index is 1.17. The maximum atomic E-state index is 2.30. The van der Waals surface area contributed by atoms with Crippen LogP contribution in [0, 0.1) is 0 Å². The van der Waals surface area contributed by atoms with Crippen molar-refractivity contribution in [1.29, 1.82) is 0 Å². The van der Waals surface area contributed by atoms with E-state index in [0.717, 1.165) is 0 Å². The van der Waals surface area contributed by atoms with Crippen molar-refractivity contribution < 1.29 is 14.7 Å². The number of hydrogen-bond acceptors (Lipinski definition) is 0. The van der Waals surface area contributed by atoms with Gasteiger partial charge in [0.2, 0.25) is 0 Å². The van der Waals surface area contributed by atoms with Gasteiger partial charge in [0.05, 0.1) is 0 Å². The third kappa shape index (κ3) is 2.35. The van der Waals surface area contributed by atoms with Gasteiger partial charge in [-0.1, -0.05) is 0 Å². The average Bonchev–Trinajstić information content (AvgIpc) is 2.87. The van der Waals surface area contributed by atoms with Gasteiger partial charge in [0, 0.05) is 0 Å². The van der Waals surface area contributed by atoms with Crippen LogP contribution < -0.4 is 0 Å². The molecule has 0 radical (unpaired) electrons. The SMILES string of the molecule is CCC1=[C]([Co][C]2=C(CC)C=CC2)CC=C1. The number of rotatable bonds is 4. The van der Waals surface area contributed by atoms with E-state index in [1.807, 2.05) is 0 Å². The summed E-state index contributed by atoms with van der Waals surface area (Å²) in [6.45, 7) is 4.50. The fourth-order valence-corrected chi connectivity index (χ4v) is 3.65. The Morgan fingerprint density at radius 3 is 1.80 bits per heavy atom. The molecular weight excluding hydrogens is 227 g/mol. The first kappa shape index (κ1) is 11.0. The van der Waals surface area contributed by atoms with Crippen LogP contribution >= 0.6 is 0 Å². The zero-order valence-electron chi connectivity index (χ0n) is 9.47. The van der Waals surface area contributed by atoms with Crippen LogP contribution in [0.4, 0.5) is 0 Å². The first-order valence-electron chi connectivity index (χ1n) is 5.72. The zero-order chi connectivity index (χ0) is 10.7. The molecule has 0 aromatic heterocycles. The summed E-state index contributed by atoms with van der Waals surface area (Å²) in [5.74, 6) is 0. The van der Waals surface area contributed by atoms with Gasteiger partial charge in [-0.2, -0.15) is 0 Å². The summed E-state index contributed by atoms with van der Waals surface area (Å²) in [5.41, 5.74) is 3.12. The molecule has 0 N–H and O–H groups in total. The van der Waals surface area contributed by atoms with Crippen molar-refractivity contribution in [2.75, 3.05) is 0 Å². The normalized spacial score (nSPS) is 20.1. The molecule has 0 spiro atoms. The Morgan fingerprint density at radius 2 is 1.40 bits per heavy atom. The van der Waals surface area contributed by atoms with Gasteiger partial charge in [0.25, 0.3) is 0 Å². The predicted octanol–water partition coefficient (Wildman–Crippen LogP) is 4.32. The molecule has 0 bridgehead atoms. The fraction of sp³-hybridized carbons (Fsp3) is 0.429. The van der Waals surface area contributed by atoms with E-state index >= 15 is 0 Å². The summed E-state index contributed by atoms with van der Waals surface area (Å²) in [4.78, 5) is 0. The zero-order valence-corrected chi connectivity index (χ0v) is 10.5. The summed E-state index contributed by atoms with van der Waals surface area (Å²) in [7, 11) is 0. The first-order chi connectivity index (χ1) is 7.35. The van der Waals surface area contributed by atoms with E-state index in [9.17, 15) is 0 Å². The van der Waals surface area contributed by atoms with Gasteiger partial charge in [-0.15, -0.1) is 0 Å². The second-order valence-electron chi connectivity index (χ2n) is 3.81. The Hall–Kier alpha value is -0.534. The molecule has 15 heavy (non-hydrogen) atoms. The molecule has 0 amide bonds. The molecule has 0 saturated heterocycles. The summed E-state index contributed by atoms with van der Waals surface area (Å²) in [6, 6.07) is 0. The third-order valence-electron chi connectivity index (χ3n) is 2.85. The molecule has 0 aromatic carbocycles. The van der Waals surface area contributed by atoms with Gasteiger partial charge in [0.1, 0.15) is 0 Å². The molecule has 0 unspecified atom stereocenters. The van der Waals surface area contributed by atoms with E-state index in [1.54, 1.807) is 20.2 Å². The van der Waals surface area contributed by atoms with E-state index in [2.05, 4.69) is 38.2 Å². The van der Waals surface area contributed by atoms with Crippen molar-refractivity contribution in [3.63, 3.8) is 0 Å². The van der Waals surface area contributed by atoms with E-state index in [4.69, 9.17) is 0 Å². The molecule has 0 saturated carbocycles. The van der Waals surface area contributed by atoms with Crippen LogP contribution in [0.2, 0.25) is 0 Å². The van der Waals surface area contributed by atoms with E-state index < -0.39 is 0 Å². The monoisotopic (exact) mass is 245 g/mol. The standard InChI is InChI=1S/2C7H9.Co/c2*1-2-7-5-3-4-6-7;/h2*3,5H,2,4H2,1H3;. The van der Waals surface area contributed by atoms with Crippen LogP contribution in [0.25, 0.3) is 0 Å². The molecule has 2 aliphatic carbocycles. The maximum absolute atomic E-state index is 2.30. The molecule has 0 aliphatic heterocycles. The van der Waals surface area contributed by atoms with Crippen molar-refractivity contribution in [3.05, 3.63) is 44.5 Å². The van der Waals surface area contributed by atoms with Gasteiger partial charge < -0.3 is 0 Å². The minimum absolute atomic E-state index is 1.17. The van der Waals surface area contributed by atoms with Gasteiger partial charge >= 0.3 is 98.7 Å². The molecule has 1 heteroatoms. The average molecular weight is 245 g/mol. The van der Waals surface area contributed by atoms with E-state index in [0.29, 0.717) is 0 Å². The first-order valence-corrected chi connectivity index (χ1v) is 6.76. The van der Waals surface area contributed by atoms with Crippen LogP contribution in [-0.2, 0) is 14.7 Å². The summed E-state index contributed by atoms with van der Waals surface area (Å²) in [5, 5.41) is 0. The molecule has 2 rings (SSSR count). The van der Waals surface area contributed by atoms with Crippen molar-refractivity contribution >= 4 is 0 Å². The number of hydrogen-bond donors (Lipinski definition) is 0. The predicted molar refractivity (Wildman–Crippen MR) is 62.1 cm³/mol. The van der Waals surface area contributed by atoms with Crippen LogP contribution in [0.5, 0.6) is 0 Å². The Labute approximate surface area is 98.8 Å². The van der Waals surface area contributed by atoms with Crippen LogP contribution in [-0.4, -0.2) is 0 Å². The third-order valence-corrected chi connectivity index (χ3v) is 4.57. The second kappa shape index (κ2) is 5.00. The van der Waals surface area contributed by atoms with Crippen LogP contribution in [0.1, 0.15) is 39.5 Å². The number of allylic oxidation sites excluding steroid dienone is 8. The van der Waals surface area contributed by atoms with Crippen molar-refractivity contribution in [3.8, 4) is 0 Å². The Bertz CT molecular complexity index is 331. The van der Waals surface area contributed by atoms with E-state index in [1.165, 1.54) is 40.4 Å². The van der Waals surface area contributed by atoms with Crippen LogP contribution in [0.3, 0.4) is 0 Å². The molecule has 83 valence electrons. The summed E-state index contributed by atoms with van der Waals surface area (Å²) >= 11 is 1.51. The molecule has 0 atom stereocenters. The fourth-order valence-electron chi connectivity index (χ4n) is 1.93. The second-order valence-corrected chi connectivity index (χ2v) is 5.33. The molecular formula is C14H18Co. The quantitative estimate of drug-likeness (QED) is 0.692. The summed E-state index contributed by atoms with van der Waals surface area (Å²) in [6.07, 6.45) is 13.9. The molecule has 2 aliphatic rings. The van der Waals surface area contributed by atoms with Gasteiger partial charge in [-0.05, 0) is 0 Å². The van der Waals surface area contributed by atoms with E-state index in [-0.39, 0.29) is 0 Å². The van der Waals surface area contributed by atoms with Crippen LogP contribution in [0.15, 0.2) is 44.5 Å². The molecule has 0 aromatic rings. The molecule has 0 fully saturated rings. The van der Waals surface area contributed by atoms with Gasteiger partial charge in [-0.3, -0.25) is 0 Å². The Morgan fingerprint density at radius 1 is 0.933 bits per heavy atom. The topological polar surface area (TPSA) is 0 Å². The van der Waals surface area contributed by atoms with Gasteiger partial charge in [-0.25, -0.2) is 0 Å². The van der Waals surface area contributed by atoms with Crippen molar-refractivity contribution in [1.82, 2.24) is 0 Å². The molecule has 0 heterocycles. The Kier molecular flexibility index (Phi) is 3.65. The Balaban J connectivity index is 2.10. The molecule has 0 nitrogen and oxygen atoms in total. The van der Waals surface area contributed by atoms with Crippen molar-refractivity contribution in [2.45, 2.75) is 39.5 Å². The van der Waals surface area contributed by atoms with Gasteiger partial charge in [0.15, 0.2) is 0 Å².